The van der Waals surface area contributed by atoms with E-state index in [2.05, 4.69) is 15.6 Å². The van der Waals surface area contributed by atoms with Gasteiger partial charge in [0.05, 0.1) is 24.5 Å². The van der Waals surface area contributed by atoms with E-state index in [-0.39, 0.29) is 24.6 Å². The van der Waals surface area contributed by atoms with Crippen LogP contribution in [0.3, 0.4) is 0 Å². The maximum atomic E-state index is 12.3. The smallest absolute Gasteiger partial charge is 0.250 e. The lowest BCUT2D eigenvalue weighted by Crippen LogP contribution is -2.29. The van der Waals surface area contributed by atoms with Gasteiger partial charge in [0.15, 0.2) is 5.11 Å². The van der Waals surface area contributed by atoms with Crippen molar-refractivity contribution in [2.45, 2.75) is 19.0 Å². The number of nitrogens with one attached hydrogen (secondary N) is 2. The zero-order valence-electron chi connectivity index (χ0n) is 21.6. The number of amides is 1. The molecule has 5 rings (SSSR count). The molecule has 2 atom stereocenters. The Morgan fingerprint density at radius 1 is 1.15 bits per heavy atom. The molecule has 200 valence electrons. The van der Waals surface area contributed by atoms with Crippen LogP contribution in [0.4, 0.5) is 11.4 Å². The third kappa shape index (κ3) is 5.47. The zero-order valence-corrected chi connectivity index (χ0v) is 23.2. The monoisotopic (exact) mass is 562 g/mol. The third-order valence-electron chi connectivity index (χ3n) is 6.48. The number of pyridine rings is 1. The number of aromatic nitrogens is 1. The average Bonchev–Trinajstić information content (AvgIpc) is 3.55. The Morgan fingerprint density at radius 3 is 2.72 bits per heavy atom. The van der Waals surface area contributed by atoms with E-state index in [1.165, 1.54) is 7.11 Å². The summed E-state index contributed by atoms with van der Waals surface area (Å²) in [6.07, 6.45) is 1.75. The number of hydrogen-bond acceptors (Lipinski definition) is 6. The minimum Gasteiger partial charge on any atom is -0.495 e. The maximum absolute atomic E-state index is 12.3. The Bertz CT molecular complexity index is 1510. The highest BCUT2D eigenvalue weighted by atomic mass is 35.5. The van der Waals surface area contributed by atoms with Gasteiger partial charge in [-0.2, -0.15) is 0 Å². The van der Waals surface area contributed by atoms with E-state index in [9.17, 15) is 4.79 Å². The number of rotatable bonds is 8. The van der Waals surface area contributed by atoms with E-state index in [1.807, 2.05) is 72.5 Å². The quantitative estimate of drug-likeness (QED) is 0.250. The zero-order chi connectivity index (χ0) is 27.5. The fourth-order valence-corrected chi connectivity index (χ4v) is 5.12. The number of carbonyl (C=O) groups is 1. The van der Waals surface area contributed by atoms with Crippen molar-refractivity contribution in [2.24, 2.45) is 0 Å². The molecule has 1 fully saturated rings. The molecule has 0 saturated carbocycles. The standard InChI is InChI=1S/C29H27ClN4O4S/c1-17-7-8-18(14-20(17)30)23-11-12-25(38-23)28-27(21-6-4-5-13-31-21)33-29(39)34(28)19-9-10-24(37-3)22(15-19)32-26(35)16-36-2/h4-15,27-28H,16H2,1-3H3,(H,32,35)(H,33,39). The molecule has 0 aliphatic carbocycles. The van der Waals surface area contributed by atoms with Crippen LogP contribution in [0.1, 0.15) is 29.1 Å². The average molecular weight is 563 g/mol. The van der Waals surface area contributed by atoms with E-state index in [0.29, 0.717) is 33.1 Å². The molecule has 1 aliphatic rings. The predicted molar refractivity (Wildman–Crippen MR) is 155 cm³/mol. The molecule has 0 spiro atoms. The first-order chi connectivity index (χ1) is 18.9. The van der Waals surface area contributed by atoms with Crippen LogP contribution in [0.25, 0.3) is 11.3 Å². The summed E-state index contributed by atoms with van der Waals surface area (Å²) < 4.78 is 16.9. The number of nitrogens with zero attached hydrogens (tertiary/aromatic N) is 2. The first-order valence-electron chi connectivity index (χ1n) is 12.2. The highest BCUT2D eigenvalue weighted by Gasteiger charge is 2.42. The summed E-state index contributed by atoms with van der Waals surface area (Å²) in [5, 5.41) is 7.43. The largest absolute Gasteiger partial charge is 0.495 e. The van der Waals surface area contributed by atoms with Crippen molar-refractivity contribution in [1.29, 1.82) is 0 Å². The van der Waals surface area contributed by atoms with Gasteiger partial charge >= 0.3 is 0 Å². The molecule has 1 saturated heterocycles. The lowest BCUT2D eigenvalue weighted by atomic mass is 10.0. The summed E-state index contributed by atoms with van der Waals surface area (Å²) in [5.74, 6) is 1.58. The van der Waals surface area contributed by atoms with Gasteiger partial charge in [-0.3, -0.25) is 9.78 Å². The Morgan fingerprint density at radius 2 is 2.00 bits per heavy atom. The van der Waals surface area contributed by atoms with Crippen LogP contribution in [-0.4, -0.2) is 36.8 Å². The van der Waals surface area contributed by atoms with Gasteiger partial charge in [-0.15, -0.1) is 0 Å². The second-order valence-electron chi connectivity index (χ2n) is 9.03. The van der Waals surface area contributed by atoms with Gasteiger partial charge < -0.3 is 29.4 Å². The SMILES string of the molecule is COCC(=O)Nc1cc(N2C(=S)NC(c3ccccn3)C2c2ccc(-c3ccc(C)c(Cl)c3)o2)ccc1OC. The summed E-state index contributed by atoms with van der Waals surface area (Å²) in [4.78, 5) is 18.9. The van der Waals surface area contributed by atoms with E-state index in [4.69, 9.17) is 37.7 Å². The molecular formula is C29H27ClN4O4S. The molecule has 0 radical (unpaired) electrons. The number of ether oxygens (including phenoxy) is 2. The molecule has 2 N–H and O–H groups in total. The Kier molecular flexibility index (Phi) is 7.83. The Hall–Kier alpha value is -3.92. The predicted octanol–water partition coefficient (Wildman–Crippen LogP) is 6.07. The molecule has 39 heavy (non-hydrogen) atoms. The topological polar surface area (TPSA) is 88.9 Å². The van der Waals surface area contributed by atoms with Gasteiger partial charge in [-0.05, 0) is 73.2 Å². The van der Waals surface area contributed by atoms with Crippen molar-refractivity contribution < 1.29 is 18.7 Å². The van der Waals surface area contributed by atoms with Crippen LogP contribution in [0.15, 0.2) is 77.3 Å². The fourth-order valence-electron chi connectivity index (χ4n) is 4.60. The van der Waals surface area contributed by atoms with Gasteiger partial charge in [0.25, 0.3) is 0 Å². The Labute approximate surface area is 236 Å². The number of halogens is 1. The molecule has 8 nitrogen and oxygen atoms in total. The van der Waals surface area contributed by atoms with Crippen molar-refractivity contribution >= 4 is 46.2 Å². The van der Waals surface area contributed by atoms with Gasteiger partial charge in [-0.1, -0.05) is 29.8 Å². The highest BCUT2D eigenvalue weighted by Crippen LogP contribution is 2.44. The number of methoxy groups -OCH3 is 2. The molecule has 0 bridgehead atoms. The normalized spacial score (nSPS) is 16.7. The van der Waals surface area contributed by atoms with Gasteiger partial charge in [0.1, 0.15) is 29.9 Å². The molecule has 1 aliphatic heterocycles. The fraction of sp³-hybridized carbons (Fsp3) is 0.207. The number of furan rings is 1. The third-order valence-corrected chi connectivity index (χ3v) is 7.21. The summed E-state index contributed by atoms with van der Waals surface area (Å²) in [7, 11) is 3.01. The Balaban J connectivity index is 1.58. The molecule has 2 aromatic carbocycles. The second kappa shape index (κ2) is 11.4. The van der Waals surface area contributed by atoms with Gasteiger partial charge in [-0.25, -0.2) is 0 Å². The van der Waals surface area contributed by atoms with Gasteiger partial charge in [0, 0.05) is 29.6 Å². The van der Waals surface area contributed by atoms with Crippen LogP contribution in [0, 0.1) is 6.92 Å². The van der Waals surface area contributed by atoms with E-state index >= 15 is 0 Å². The molecule has 2 aromatic heterocycles. The van der Waals surface area contributed by atoms with Crippen molar-refractivity contribution in [3.05, 3.63) is 95.0 Å². The highest BCUT2D eigenvalue weighted by molar-refractivity contribution is 7.80. The van der Waals surface area contributed by atoms with Crippen LogP contribution in [-0.2, 0) is 9.53 Å². The minimum atomic E-state index is -0.377. The van der Waals surface area contributed by atoms with E-state index < -0.39 is 0 Å². The molecule has 2 unspecified atom stereocenters. The van der Waals surface area contributed by atoms with Crippen molar-refractivity contribution in [1.82, 2.24) is 10.3 Å². The molecule has 10 heteroatoms. The van der Waals surface area contributed by atoms with Crippen LogP contribution in [0.2, 0.25) is 5.02 Å². The van der Waals surface area contributed by atoms with E-state index in [1.54, 1.807) is 19.4 Å². The summed E-state index contributed by atoms with van der Waals surface area (Å²) in [6.45, 7) is 1.88. The maximum Gasteiger partial charge on any atom is 0.250 e. The van der Waals surface area contributed by atoms with Crippen molar-refractivity contribution in [3.8, 4) is 17.1 Å². The lowest BCUT2D eigenvalue weighted by Gasteiger charge is -2.27. The second-order valence-corrected chi connectivity index (χ2v) is 9.82. The number of benzene rings is 2. The minimum absolute atomic E-state index is 0.0837. The number of anilines is 2. The lowest BCUT2D eigenvalue weighted by molar-refractivity contribution is -0.119. The number of thiocarbonyl (C=S) groups is 1. The summed E-state index contributed by atoms with van der Waals surface area (Å²) in [5.41, 5.74) is 3.91. The number of hydrogen-bond donors (Lipinski definition) is 2. The van der Waals surface area contributed by atoms with Gasteiger partial charge in [0.2, 0.25) is 5.91 Å². The summed E-state index contributed by atoms with van der Waals surface area (Å²) in [6, 6.07) is 20.3. The number of carbonyl (C=O) groups excluding carboxylic acids is 1. The molecule has 3 heterocycles. The molecule has 4 aromatic rings. The first kappa shape index (κ1) is 26.7. The molecular weight excluding hydrogens is 536 g/mol. The van der Waals surface area contributed by atoms with Crippen LogP contribution >= 0.6 is 23.8 Å². The molecule has 1 amide bonds. The van der Waals surface area contributed by atoms with E-state index in [0.717, 1.165) is 22.5 Å². The van der Waals surface area contributed by atoms with Crippen molar-refractivity contribution in [3.63, 3.8) is 0 Å². The summed E-state index contributed by atoms with van der Waals surface area (Å²) >= 11 is 12.2. The van der Waals surface area contributed by atoms with Crippen LogP contribution in [0.5, 0.6) is 5.75 Å². The first-order valence-corrected chi connectivity index (χ1v) is 13.0. The van der Waals surface area contributed by atoms with Crippen molar-refractivity contribution in [2.75, 3.05) is 31.0 Å². The number of aryl methyl sites for hydroxylation is 1. The van der Waals surface area contributed by atoms with Crippen LogP contribution < -0.4 is 20.3 Å².